The van der Waals surface area contributed by atoms with Gasteiger partial charge >= 0.3 is 0 Å². The van der Waals surface area contributed by atoms with Gasteiger partial charge in [0.15, 0.2) is 0 Å². The first-order valence-corrected chi connectivity index (χ1v) is 6.97. The molecule has 2 nitrogen and oxygen atoms in total. The molecule has 0 aromatic heterocycles. The van der Waals surface area contributed by atoms with E-state index < -0.39 is 0 Å². The molecule has 0 bridgehead atoms. The lowest BCUT2D eigenvalue weighted by Crippen LogP contribution is -2.40. The van der Waals surface area contributed by atoms with Gasteiger partial charge in [0.05, 0.1) is 0 Å². The molecule has 2 aliphatic carbocycles. The minimum atomic E-state index is 0.246. The monoisotopic (exact) mass is 224 g/mol. The quantitative estimate of drug-likeness (QED) is 0.727. The third kappa shape index (κ3) is 3.46. The van der Waals surface area contributed by atoms with Gasteiger partial charge in [-0.15, -0.1) is 0 Å². The fourth-order valence-corrected chi connectivity index (χ4v) is 2.47. The minimum Gasteiger partial charge on any atom is -0.327 e. The van der Waals surface area contributed by atoms with E-state index in [9.17, 15) is 0 Å². The van der Waals surface area contributed by atoms with Crippen molar-refractivity contribution in [2.75, 3.05) is 6.54 Å². The van der Waals surface area contributed by atoms with Crippen LogP contribution in [0.3, 0.4) is 0 Å². The van der Waals surface area contributed by atoms with Crippen LogP contribution in [0.1, 0.15) is 52.9 Å². The third-order valence-corrected chi connectivity index (χ3v) is 4.21. The summed E-state index contributed by atoms with van der Waals surface area (Å²) in [4.78, 5) is 0. The number of hydrogen-bond donors (Lipinski definition) is 2. The second-order valence-corrected chi connectivity index (χ2v) is 6.92. The molecule has 0 saturated heterocycles. The average molecular weight is 224 g/mol. The average Bonchev–Trinajstić information content (AvgIpc) is 2.99. The molecule has 0 aromatic rings. The van der Waals surface area contributed by atoms with E-state index in [1.165, 1.54) is 25.7 Å². The van der Waals surface area contributed by atoms with Gasteiger partial charge in [-0.1, -0.05) is 20.8 Å². The van der Waals surface area contributed by atoms with Gasteiger partial charge in [0, 0.05) is 12.1 Å². The molecule has 0 spiro atoms. The lowest BCUT2D eigenvalue weighted by Gasteiger charge is -2.28. The van der Waals surface area contributed by atoms with Crippen molar-refractivity contribution < 1.29 is 0 Å². The summed E-state index contributed by atoms with van der Waals surface area (Å²) in [6, 6.07) is 1.14. The van der Waals surface area contributed by atoms with E-state index >= 15 is 0 Å². The summed E-state index contributed by atoms with van der Waals surface area (Å²) < 4.78 is 0. The molecule has 94 valence electrons. The van der Waals surface area contributed by atoms with Gasteiger partial charge in [-0.25, -0.2) is 0 Å². The Kier molecular flexibility index (Phi) is 3.60. The predicted molar refractivity (Wildman–Crippen MR) is 69.3 cm³/mol. The standard InChI is InChI=1S/C14H28N2/c1-14(2,3)12(15)8-9-16-13(10-4-5-10)11-6-7-11/h10-13,16H,4-9,15H2,1-3H3. The first kappa shape index (κ1) is 12.4. The van der Waals surface area contributed by atoms with E-state index in [4.69, 9.17) is 5.73 Å². The van der Waals surface area contributed by atoms with E-state index in [-0.39, 0.29) is 5.41 Å². The fraction of sp³-hybridized carbons (Fsp3) is 1.00. The zero-order valence-corrected chi connectivity index (χ0v) is 11.1. The Labute approximate surface area is 100 Å². The van der Waals surface area contributed by atoms with Crippen LogP contribution in [0.4, 0.5) is 0 Å². The van der Waals surface area contributed by atoms with Crippen LogP contribution in [0.2, 0.25) is 0 Å². The Morgan fingerprint density at radius 3 is 2.00 bits per heavy atom. The van der Waals surface area contributed by atoms with Crippen molar-refractivity contribution in [3.8, 4) is 0 Å². The highest BCUT2D eigenvalue weighted by atomic mass is 14.9. The Morgan fingerprint density at radius 2 is 1.62 bits per heavy atom. The van der Waals surface area contributed by atoms with Gasteiger partial charge in [-0.2, -0.15) is 0 Å². The molecule has 16 heavy (non-hydrogen) atoms. The topological polar surface area (TPSA) is 38.0 Å². The molecule has 2 rings (SSSR count). The highest BCUT2D eigenvalue weighted by Crippen LogP contribution is 2.44. The summed E-state index contributed by atoms with van der Waals surface area (Å²) in [5.41, 5.74) is 6.43. The first-order valence-electron chi connectivity index (χ1n) is 6.97. The van der Waals surface area contributed by atoms with Crippen LogP contribution in [0.15, 0.2) is 0 Å². The number of nitrogens with one attached hydrogen (secondary N) is 1. The molecule has 0 heterocycles. The molecule has 0 aliphatic heterocycles. The molecule has 1 unspecified atom stereocenters. The van der Waals surface area contributed by atoms with E-state index in [2.05, 4.69) is 26.1 Å². The van der Waals surface area contributed by atoms with Crippen LogP contribution in [0.25, 0.3) is 0 Å². The van der Waals surface area contributed by atoms with Crippen molar-refractivity contribution in [1.29, 1.82) is 0 Å². The van der Waals surface area contributed by atoms with E-state index in [1.54, 1.807) is 0 Å². The minimum absolute atomic E-state index is 0.246. The number of nitrogens with two attached hydrogens (primary N) is 1. The summed E-state index contributed by atoms with van der Waals surface area (Å²) in [6.45, 7) is 7.81. The SMILES string of the molecule is CC(C)(C)C(N)CCNC(C1CC1)C1CC1. The van der Waals surface area contributed by atoms with Crippen LogP contribution in [0.5, 0.6) is 0 Å². The van der Waals surface area contributed by atoms with Crippen molar-refractivity contribution in [3.63, 3.8) is 0 Å². The number of hydrogen-bond acceptors (Lipinski definition) is 2. The third-order valence-electron chi connectivity index (χ3n) is 4.21. The molecular formula is C14H28N2. The van der Waals surface area contributed by atoms with Gasteiger partial charge < -0.3 is 11.1 Å². The Morgan fingerprint density at radius 1 is 1.12 bits per heavy atom. The Balaban J connectivity index is 1.66. The summed E-state index contributed by atoms with van der Waals surface area (Å²) >= 11 is 0. The molecule has 2 heteroatoms. The second-order valence-electron chi connectivity index (χ2n) is 6.92. The summed E-state index contributed by atoms with van der Waals surface area (Å²) in [5, 5.41) is 3.77. The van der Waals surface area contributed by atoms with E-state index in [0.29, 0.717) is 6.04 Å². The predicted octanol–water partition coefficient (Wildman–Crippen LogP) is 2.53. The maximum Gasteiger partial charge on any atom is 0.0124 e. The zero-order valence-electron chi connectivity index (χ0n) is 11.1. The van der Waals surface area contributed by atoms with Crippen LogP contribution >= 0.6 is 0 Å². The zero-order chi connectivity index (χ0) is 11.8. The fourth-order valence-electron chi connectivity index (χ4n) is 2.47. The largest absolute Gasteiger partial charge is 0.327 e. The van der Waals surface area contributed by atoms with Crippen molar-refractivity contribution in [2.24, 2.45) is 23.0 Å². The Bertz CT molecular complexity index is 211. The smallest absolute Gasteiger partial charge is 0.0124 e. The summed E-state index contributed by atoms with van der Waals surface area (Å²) in [6.07, 6.45) is 6.94. The molecule has 2 fully saturated rings. The molecule has 2 saturated carbocycles. The Hall–Kier alpha value is -0.0800. The molecule has 0 aromatic carbocycles. The molecule has 3 N–H and O–H groups in total. The van der Waals surface area contributed by atoms with E-state index in [0.717, 1.165) is 30.8 Å². The van der Waals surface area contributed by atoms with Gasteiger partial charge in [0.2, 0.25) is 0 Å². The molecule has 1 atom stereocenters. The van der Waals surface area contributed by atoms with Gasteiger partial charge in [0.25, 0.3) is 0 Å². The lowest BCUT2D eigenvalue weighted by atomic mass is 9.85. The molecular weight excluding hydrogens is 196 g/mol. The first-order chi connectivity index (χ1) is 7.48. The molecule has 0 amide bonds. The normalized spacial score (nSPS) is 23.8. The van der Waals surface area contributed by atoms with Crippen LogP contribution in [-0.4, -0.2) is 18.6 Å². The highest BCUT2D eigenvalue weighted by Gasteiger charge is 2.40. The van der Waals surface area contributed by atoms with Gasteiger partial charge in [-0.05, 0) is 55.9 Å². The van der Waals surface area contributed by atoms with Crippen molar-refractivity contribution >= 4 is 0 Å². The maximum atomic E-state index is 6.18. The van der Waals surface area contributed by atoms with Crippen molar-refractivity contribution in [1.82, 2.24) is 5.32 Å². The summed E-state index contributed by atoms with van der Waals surface area (Å²) in [7, 11) is 0. The van der Waals surface area contributed by atoms with Crippen LogP contribution in [-0.2, 0) is 0 Å². The maximum absolute atomic E-state index is 6.18. The molecule has 0 radical (unpaired) electrons. The number of rotatable bonds is 6. The molecule has 2 aliphatic rings. The van der Waals surface area contributed by atoms with Gasteiger partial charge in [-0.3, -0.25) is 0 Å². The van der Waals surface area contributed by atoms with Crippen LogP contribution < -0.4 is 11.1 Å². The second kappa shape index (κ2) is 4.66. The lowest BCUT2D eigenvalue weighted by molar-refractivity contribution is 0.293. The van der Waals surface area contributed by atoms with Gasteiger partial charge in [0.1, 0.15) is 0 Å². The van der Waals surface area contributed by atoms with Crippen LogP contribution in [0, 0.1) is 17.3 Å². The summed E-state index contributed by atoms with van der Waals surface area (Å²) in [5.74, 6) is 2.00. The highest BCUT2D eigenvalue weighted by molar-refractivity contribution is 4.96. The van der Waals surface area contributed by atoms with Crippen molar-refractivity contribution in [3.05, 3.63) is 0 Å². The van der Waals surface area contributed by atoms with E-state index in [1.807, 2.05) is 0 Å². The van der Waals surface area contributed by atoms with Crippen molar-refractivity contribution in [2.45, 2.75) is 65.0 Å².